The molecule has 0 saturated carbocycles. The van der Waals surface area contributed by atoms with E-state index in [1.807, 2.05) is 19.1 Å². The summed E-state index contributed by atoms with van der Waals surface area (Å²) in [5.74, 6) is 3.85. The summed E-state index contributed by atoms with van der Waals surface area (Å²) in [6, 6.07) is 5.84. The van der Waals surface area contributed by atoms with Gasteiger partial charge in [0.2, 0.25) is 5.95 Å². The predicted octanol–water partition coefficient (Wildman–Crippen LogP) is 2.49. The minimum absolute atomic E-state index is 0.374. The number of methoxy groups -OCH3 is 2. The largest absolute Gasteiger partial charge is 0.493 e. The molecule has 4 rings (SSSR count). The zero-order valence-electron chi connectivity index (χ0n) is 15.4. The lowest BCUT2D eigenvalue weighted by Gasteiger charge is -2.30. The van der Waals surface area contributed by atoms with Gasteiger partial charge >= 0.3 is 0 Å². The molecule has 3 heterocycles. The van der Waals surface area contributed by atoms with Gasteiger partial charge in [-0.1, -0.05) is 5.16 Å². The van der Waals surface area contributed by atoms with Crippen LogP contribution in [0.2, 0.25) is 0 Å². The minimum Gasteiger partial charge on any atom is -0.493 e. The highest BCUT2D eigenvalue weighted by Crippen LogP contribution is 2.34. The predicted molar refractivity (Wildman–Crippen MR) is 98.6 cm³/mol. The van der Waals surface area contributed by atoms with Crippen molar-refractivity contribution in [3.63, 3.8) is 0 Å². The molecule has 27 heavy (non-hydrogen) atoms. The zero-order valence-corrected chi connectivity index (χ0v) is 15.4. The van der Waals surface area contributed by atoms with E-state index in [0.717, 1.165) is 30.3 Å². The van der Waals surface area contributed by atoms with Crippen LogP contribution in [-0.4, -0.2) is 41.1 Å². The van der Waals surface area contributed by atoms with Crippen LogP contribution in [0.5, 0.6) is 11.5 Å². The number of aryl methyl sites for hydroxylation is 1. The quantitative estimate of drug-likeness (QED) is 0.728. The zero-order chi connectivity index (χ0) is 18.8. The average Bonchev–Trinajstić information content (AvgIpc) is 3.11. The van der Waals surface area contributed by atoms with Gasteiger partial charge in [-0.3, -0.25) is 0 Å². The molecule has 0 fully saturated rings. The molecule has 0 bridgehead atoms. The summed E-state index contributed by atoms with van der Waals surface area (Å²) in [4.78, 5) is 6.71. The topological polar surface area (TPSA) is 98.4 Å². The van der Waals surface area contributed by atoms with Crippen molar-refractivity contribution in [1.82, 2.24) is 20.3 Å². The molecule has 1 aliphatic heterocycles. The molecule has 0 spiro atoms. The molecule has 140 valence electrons. The Kier molecular flexibility index (Phi) is 4.49. The van der Waals surface area contributed by atoms with Crippen LogP contribution in [0.4, 0.5) is 17.6 Å². The number of benzene rings is 1. The molecular weight excluding hydrogens is 348 g/mol. The maximum atomic E-state index is 5.42. The Morgan fingerprint density at radius 3 is 2.59 bits per heavy atom. The fraction of sp³-hybridized carbons (Fsp3) is 0.333. The van der Waals surface area contributed by atoms with Gasteiger partial charge in [-0.25, -0.2) is 0 Å². The summed E-state index contributed by atoms with van der Waals surface area (Å²) in [7, 11) is 3.29. The lowest BCUT2D eigenvalue weighted by molar-refractivity contribution is 0.353. The monoisotopic (exact) mass is 368 g/mol. The van der Waals surface area contributed by atoms with Crippen molar-refractivity contribution < 1.29 is 14.0 Å². The Labute approximate surface area is 156 Å². The van der Waals surface area contributed by atoms with Crippen molar-refractivity contribution in [2.45, 2.75) is 19.9 Å². The molecule has 1 aliphatic rings. The minimum atomic E-state index is 0.374. The summed E-state index contributed by atoms with van der Waals surface area (Å²) in [5.41, 5.74) is 2.43. The summed E-state index contributed by atoms with van der Waals surface area (Å²) < 4.78 is 15.9. The Hall–Kier alpha value is -3.36. The van der Waals surface area contributed by atoms with E-state index in [2.05, 4.69) is 30.6 Å². The van der Waals surface area contributed by atoms with Gasteiger partial charge < -0.3 is 24.2 Å². The third-order valence-electron chi connectivity index (χ3n) is 4.46. The molecule has 9 nitrogen and oxygen atoms in total. The van der Waals surface area contributed by atoms with Crippen LogP contribution < -0.4 is 19.7 Å². The van der Waals surface area contributed by atoms with E-state index in [1.54, 1.807) is 26.5 Å². The number of fused-ring (bicyclic) bond motifs is 1. The smallest absolute Gasteiger partial charge is 0.250 e. The average molecular weight is 368 g/mol. The first kappa shape index (κ1) is 17.1. The molecule has 0 saturated heterocycles. The highest BCUT2D eigenvalue weighted by Gasteiger charge is 2.21. The van der Waals surface area contributed by atoms with Gasteiger partial charge in [-0.05, 0) is 36.6 Å². The van der Waals surface area contributed by atoms with E-state index >= 15 is 0 Å². The van der Waals surface area contributed by atoms with Crippen molar-refractivity contribution in [3.8, 4) is 11.5 Å². The number of nitrogens with one attached hydrogen (secondary N) is 1. The highest BCUT2D eigenvalue weighted by atomic mass is 16.5. The fourth-order valence-electron chi connectivity index (χ4n) is 3.12. The second-order valence-corrected chi connectivity index (χ2v) is 6.23. The lowest BCUT2D eigenvalue weighted by atomic mass is 9.99. The fourth-order valence-corrected chi connectivity index (χ4v) is 3.12. The highest BCUT2D eigenvalue weighted by molar-refractivity contribution is 5.53. The van der Waals surface area contributed by atoms with Crippen molar-refractivity contribution in [3.05, 3.63) is 41.3 Å². The van der Waals surface area contributed by atoms with Crippen LogP contribution in [0, 0.1) is 6.92 Å². The molecule has 3 aromatic rings. The van der Waals surface area contributed by atoms with Gasteiger partial charge in [0.05, 0.1) is 20.4 Å². The summed E-state index contributed by atoms with van der Waals surface area (Å²) >= 11 is 0. The first-order chi connectivity index (χ1) is 13.2. The second-order valence-electron chi connectivity index (χ2n) is 6.23. The molecule has 1 aromatic carbocycles. The van der Waals surface area contributed by atoms with Crippen molar-refractivity contribution in [1.29, 1.82) is 0 Å². The molecule has 1 N–H and O–H groups in total. The van der Waals surface area contributed by atoms with Crippen LogP contribution in [0.3, 0.4) is 0 Å². The number of aromatic nitrogens is 4. The molecule has 0 aliphatic carbocycles. The molecule has 0 atom stereocenters. The maximum Gasteiger partial charge on any atom is 0.250 e. The first-order valence-electron chi connectivity index (χ1n) is 8.55. The van der Waals surface area contributed by atoms with Gasteiger partial charge in [0.25, 0.3) is 0 Å². The Bertz CT molecular complexity index is 958. The van der Waals surface area contributed by atoms with Crippen molar-refractivity contribution in [2.75, 3.05) is 31.0 Å². The second kappa shape index (κ2) is 7.10. The van der Waals surface area contributed by atoms with Crippen LogP contribution >= 0.6 is 0 Å². The molecule has 2 aromatic heterocycles. The molecular formula is C18H20N6O3. The van der Waals surface area contributed by atoms with Crippen LogP contribution in [-0.2, 0) is 13.0 Å². The Morgan fingerprint density at radius 2 is 1.89 bits per heavy atom. The number of hydrogen-bond acceptors (Lipinski definition) is 9. The standard InChI is InChI=1S/C18H20N6O3/c1-11-6-16(23-27-11)20-18-21-17(9-19-22-18)24-5-4-12-7-14(25-2)15(26-3)8-13(12)10-24/h6-9H,4-5,10H2,1-3H3,(H,20,21,22,23). The molecule has 0 unspecified atom stereocenters. The van der Waals surface area contributed by atoms with Crippen LogP contribution in [0.25, 0.3) is 0 Å². The van der Waals surface area contributed by atoms with E-state index in [1.165, 1.54) is 11.1 Å². The third-order valence-corrected chi connectivity index (χ3v) is 4.46. The number of hydrogen-bond donors (Lipinski definition) is 1. The lowest BCUT2D eigenvalue weighted by Crippen LogP contribution is -2.31. The van der Waals surface area contributed by atoms with E-state index in [9.17, 15) is 0 Å². The van der Waals surface area contributed by atoms with Crippen molar-refractivity contribution >= 4 is 17.6 Å². The molecule has 9 heteroatoms. The first-order valence-corrected chi connectivity index (χ1v) is 8.55. The van der Waals surface area contributed by atoms with Gasteiger partial charge in [-0.15, -0.1) is 5.10 Å². The summed E-state index contributed by atoms with van der Waals surface area (Å²) in [6.07, 6.45) is 2.54. The number of nitrogens with zero attached hydrogens (tertiary/aromatic N) is 5. The SMILES string of the molecule is COc1cc2c(cc1OC)CN(c1cnnc(Nc3cc(C)on3)n1)CC2. The number of rotatable bonds is 5. The third kappa shape index (κ3) is 3.48. The van der Waals surface area contributed by atoms with Crippen LogP contribution in [0.15, 0.2) is 28.9 Å². The molecule has 0 radical (unpaired) electrons. The van der Waals surface area contributed by atoms with E-state index in [4.69, 9.17) is 14.0 Å². The van der Waals surface area contributed by atoms with E-state index in [-0.39, 0.29) is 0 Å². The van der Waals surface area contributed by atoms with Gasteiger partial charge in [0.15, 0.2) is 23.1 Å². The van der Waals surface area contributed by atoms with Crippen molar-refractivity contribution in [2.24, 2.45) is 0 Å². The molecule has 0 amide bonds. The Balaban J connectivity index is 1.56. The normalized spacial score (nSPS) is 13.2. The van der Waals surface area contributed by atoms with Crippen LogP contribution in [0.1, 0.15) is 16.9 Å². The van der Waals surface area contributed by atoms with Gasteiger partial charge in [0, 0.05) is 19.2 Å². The van der Waals surface area contributed by atoms with Gasteiger partial charge in [0.1, 0.15) is 5.76 Å². The summed E-state index contributed by atoms with van der Waals surface area (Å²) in [6.45, 7) is 3.35. The maximum absolute atomic E-state index is 5.42. The number of ether oxygens (including phenoxy) is 2. The summed E-state index contributed by atoms with van der Waals surface area (Å²) in [5, 5.41) is 15.0. The van der Waals surface area contributed by atoms with E-state index in [0.29, 0.717) is 24.1 Å². The van der Waals surface area contributed by atoms with Gasteiger partial charge in [-0.2, -0.15) is 10.1 Å². The number of anilines is 3. The van der Waals surface area contributed by atoms with E-state index < -0.39 is 0 Å². The Morgan fingerprint density at radius 1 is 1.11 bits per heavy atom.